The van der Waals surface area contributed by atoms with Crippen LogP contribution in [0.1, 0.15) is 30.9 Å². The SMILES string of the molecule is O=c1cc(C2CC2)nc(SCC2CCOC2)[nH]1. The lowest BCUT2D eigenvalue weighted by Crippen LogP contribution is -2.11. The molecule has 0 amide bonds. The van der Waals surface area contributed by atoms with Crippen LogP contribution < -0.4 is 5.56 Å². The minimum atomic E-state index is -0.0212. The summed E-state index contributed by atoms with van der Waals surface area (Å²) in [5.74, 6) is 2.12. The molecule has 1 saturated heterocycles. The molecule has 1 unspecified atom stereocenters. The molecule has 4 nitrogen and oxygen atoms in total. The lowest BCUT2D eigenvalue weighted by molar-refractivity contribution is 0.189. The van der Waals surface area contributed by atoms with Crippen molar-refractivity contribution in [1.82, 2.24) is 9.97 Å². The maximum absolute atomic E-state index is 11.5. The van der Waals surface area contributed by atoms with E-state index in [1.165, 1.54) is 12.8 Å². The molecule has 2 fully saturated rings. The van der Waals surface area contributed by atoms with E-state index in [2.05, 4.69) is 9.97 Å². The normalized spacial score (nSPS) is 24.1. The molecule has 1 atom stereocenters. The summed E-state index contributed by atoms with van der Waals surface area (Å²) in [6, 6.07) is 1.64. The molecule has 1 saturated carbocycles. The number of H-pyrrole nitrogens is 1. The highest BCUT2D eigenvalue weighted by Crippen LogP contribution is 2.38. The second-order valence-corrected chi connectivity index (χ2v) is 5.80. The van der Waals surface area contributed by atoms with Crippen LogP contribution in [-0.4, -0.2) is 28.9 Å². The first kappa shape index (κ1) is 11.3. The Bertz CT molecular complexity index is 450. The number of hydrogen-bond acceptors (Lipinski definition) is 4. The van der Waals surface area contributed by atoms with E-state index in [0.29, 0.717) is 11.8 Å². The van der Waals surface area contributed by atoms with Gasteiger partial charge >= 0.3 is 0 Å². The van der Waals surface area contributed by atoms with E-state index in [-0.39, 0.29) is 5.56 Å². The van der Waals surface area contributed by atoms with E-state index in [4.69, 9.17) is 4.74 Å². The van der Waals surface area contributed by atoms with Crippen LogP contribution in [0.4, 0.5) is 0 Å². The second kappa shape index (κ2) is 4.82. The average Bonchev–Trinajstić information content (AvgIpc) is 3.04. The highest BCUT2D eigenvalue weighted by atomic mass is 32.2. The smallest absolute Gasteiger partial charge is 0.251 e. The van der Waals surface area contributed by atoms with Crippen molar-refractivity contribution in [1.29, 1.82) is 0 Å². The van der Waals surface area contributed by atoms with Crippen LogP contribution in [0, 0.1) is 5.92 Å². The fraction of sp³-hybridized carbons (Fsp3) is 0.667. The topological polar surface area (TPSA) is 55.0 Å². The second-order valence-electron chi connectivity index (χ2n) is 4.79. The first-order valence-corrected chi connectivity index (χ1v) is 7.11. The van der Waals surface area contributed by atoms with Crippen molar-refractivity contribution in [3.8, 4) is 0 Å². The van der Waals surface area contributed by atoms with Gasteiger partial charge in [-0.1, -0.05) is 11.8 Å². The largest absolute Gasteiger partial charge is 0.381 e. The van der Waals surface area contributed by atoms with E-state index in [0.717, 1.165) is 36.2 Å². The number of nitrogens with one attached hydrogen (secondary N) is 1. The van der Waals surface area contributed by atoms with Gasteiger partial charge in [-0.25, -0.2) is 4.98 Å². The van der Waals surface area contributed by atoms with Crippen molar-refractivity contribution < 1.29 is 4.74 Å². The Morgan fingerprint density at radius 1 is 1.47 bits per heavy atom. The summed E-state index contributed by atoms with van der Waals surface area (Å²) in [5, 5.41) is 0.770. The third-order valence-corrected chi connectivity index (χ3v) is 4.32. The number of aromatic nitrogens is 2. The molecule has 1 aliphatic carbocycles. The predicted molar refractivity (Wildman–Crippen MR) is 66.5 cm³/mol. The van der Waals surface area contributed by atoms with E-state index in [9.17, 15) is 4.79 Å². The molecular formula is C12H16N2O2S. The van der Waals surface area contributed by atoms with Crippen LogP contribution >= 0.6 is 11.8 Å². The molecule has 17 heavy (non-hydrogen) atoms. The molecular weight excluding hydrogens is 236 g/mol. The van der Waals surface area contributed by atoms with Crippen LogP contribution in [-0.2, 0) is 4.74 Å². The molecule has 1 N–H and O–H groups in total. The Morgan fingerprint density at radius 2 is 2.35 bits per heavy atom. The molecule has 92 valence electrons. The van der Waals surface area contributed by atoms with Gasteiger partial charge < -0.3 is 9.72 Å². The monoisotopic (exact) mass is 252 g/mol. The van der Waals surface area contributed by atoms with Crippen molar-refractivity contribution in [3.05, 3.63) is 22.1 Å². The van der Waals surface area contributed by atoms with Crippen LogP contribution in [0.3, 0.4) is 0 Å². The summed E-state index contributed by atoms with van der Waals surface area (Å²) < 4.78 is 5.34. The standard InChI is InChI=1S/C12H16N2O2S/c15-11-5-10(9-1-2-9)13-12(14-11)17-7-8-3-4-16-6-8/h5,8-9H,1-4,6-7H2,(H,13,14,15). The fourth-order valence-corrected chi connectivity index (χ4v) is 3.02. The van der Waals surface area contributed by atoms with Gasteiger partial charge in [0.25, 0.3) is 5.56 Å². The fourth-order valence-electron chi connectivity index (χ4n) is 2.02. The Balaban J connectivity index is 1.66. The van der Waals surface area contributed by atoms with Crippen molar-refractivity contribution in [2.24, 2.45) is 5.92 Å². The first-order chi connectivity index (χ1) is 8.31. The van der Waals surface area contributed by atoms with Crippen molar-refractivity contribution in [2.45, 2.75) is 30.3 Å². The number of hydrogen-bond donors (Lipinski definition) is 1. The molecule has 0 radical (unpaired) electrons. The van der Waals surface area contributed by atoms with E-state index in [1.54, 1.807) is 17.8 Å². The summed E-state index contributed by atoms with van der Waals surface area (Å²) in [6.45, 7) is 1.72. The molecule has 1 aliphatic heterocycles. The number of ether oxygens (including phenoxy) is 1. The molecule has 1 aromatic heterocycles. The van der Waals surface area contributed by atoms with Crippen LogP contribution in [0.2, 0.25) is 0 Å². The lowest BCUT2D eigenvalue weighted by atomic mass is 10.2. The zero-order chi connectivity index (χ0) is 11.7. The predicted octanol–water partition coefficient (Wildman–Crippen LogP) is 1.78. The number of rotatable bonds is 4. The average molecular weight is 252 g/mol. The van der Waals surface area contributed by atoms with E-state index >= 15 is 0 Å². The zero-order valence-electron chi connectivity index (χ0n) is 9.65. The first-order valence-electron chi connectivity index (χ1n) is 6.13. The third kappa shape index (κ3) is 2.90. The molecule has 0 bridgehead atoms. The maximum Gasteiger partial charge on any atom is 0.251 e. The van der Waals surface area contributed by atoms with Gasteiger partial charge in [0.2, 0.25) is 0 Å². The third-order valence-electron chi connectivity index (χ3n) is 3.22. The summed E-state index contributed by atoms with van der Waals surface area (Å²) >= 11 is 1.64. The molecule has 0 aromatic carbocycles. The van der Waals surface area contributed by atoms with Gasteiger partial charge in [0, 0.05) is 24.3 Å². The highest BCUT2D eigenvalue weighted by molar-refractivity contribution is 7.99. The van der Waals surface area contributed by atoms with Gasteiger partial charge in [0.15, 0.2) is 5.16 Å². The molecule has 5 heteroatoms. The number of aromatic amines is 1. The summed E-state index contributed by atoms with van der Waals surface area (Å²) in [4.78, 5) is 18.8. The van der Waals surface area contributed by atoms with Crippen molar-refractivity contribution in [3.63, 3.8) is 0 Å². The van der Waals surface area contributed by atoms with Crippen molar-refractivity contribution in [2.75, 3.05) is 19.0 Å². The van der Waals surface area contributed by atoms with Gasteiger partial charge in [0.1, 0.15) is 0 Å². The van der Waals surface area contributed by atoms with Crippen molar-refractivity contribution >= 4 is 11.8 Å². The van der Waals surface area contributed by atoms with Gasteiger partial charge in [-0.15, -0.1) is 0 Å². The molecule has 0 spiro atoms. The Hall–Kier alpha value is -0.810. The van der Waals surface area contributed by atoms with Crippen LogP contribution in [0.5, 0.6) is 0 Å². The van der Waals surface area contributed by atoms with E-state index in [1.807, 2.05) is 0 Å². The Morgan fingerprint density at radius 3 is 3.06 bits per heavy atom. The zero-order valence-corrected chi connectivity index (χ0v) is 10.5. The Labute approximate surface area is 104 Å². The van der Waals surface area contributed by atoms with Gasteiger partial charge in [-0.05, 0) is 25.2 Å². The highest BCUT2D eigenvalue weighted by Gasteiger charge is 2.26. The van der Waals surface area contributed by atoms with Gasteiger partial charge in [0.05, 0.1) is 12.3 Å². The Kier molecular flexibility index (Phi) is 3.20. The summed E-state index contributed by atoms with van der Waals surface area (Å²) in [7, 11) is 0. The minimum absolute atomic E-state index is 0.0212. The summed E-state index contributed by atoms with van der Waals surface area (Å²) in [5.41, 5.74) is 0.950. The summed E-state index contributed by atoms with van der Waals surface area (Å²) in [6.07, 6.45) is 3.48. The quantitative estimate of drug-likeness (QED) is 0.655. The molecule has 3 rings (SSSR count). The minimum Gasteiger partial charge on any atom is -0.381 e. The van der Waals surface area contributed by atoms with Crippen LogP contribution in [0.15, 0.2) is 16.0 Å². The number of nitrogens with zero attached hydrogens (tertiary/aromatic N) is 1. The molecule has 1 aromatic rings. The lowest BCUT2D eigenvalue weighted by Gasteiger charge is -2.06. The van der Waals surface area contributed by atoms with E-state index < -0.39 is 0 Å². The maximum atomic E-state index is 11.5. The van der Waals surface area contributed by atoms with Crippen LogP contribution in [0.25, 0.3) is 0 Å². The number of thioether (sulfide) groups is 1. The molecule has 2 aliphatic rings. The molecule has 2 heterocycles. The van der Waals surface area contributed by atoms with Gasteiger partial charge in [-0.2, -0.15) is 0 Å². The van der Waals surface area contributed by atoms with Gasteiger partial charge in [-0.3, -0.25) is 4.79 Å².